The Kier molecular flexibility index (Phi) is 1.36. The summed E-state index contributed by atoms with van der Waals surface area (Å²) in [6.45, 7) is 0.808. The van der Waals surface area contributed by atoms with Crippen LogP contribution in [0.15, 0.2) is 18.5 Å². The second-order valence-electron chi connectivity index (χ2n) is 2.26. The van der Waals surface area contributed by atoms with Gasteiger partial charge in [0.05, 0.1) is 11.6 Å². The maximum absolute atomic E-state index is 5.70. The van der Waals surface area contributed by atoms with Gasteiger partial charge in [0.2, 0.25) is 0 Å². The zero-order chi connectivity index (χ0) is 6.97. The number of pyridine rings is 1. The first-order valence-electron chi connectivity index (χ1n) is 3.08. The molecule has 2 heterocycles. The van der Waals surface area contributed by atoms with E-state index in [1.807, 2.05) is 6.07 Å². The fraction of sp³-hybridized carbons (Fsp3) is 0.286. The maximum atomic E-state index is 5.70. The van der Waals surface area contributed by atoms with Crippen LogP contribution < -0.4 is 0 Å². The fourth-order valence-corrected chi connectivity index (χ4v) is 1.03. The van der Waals surface area contributed by atoms with Gasteiger partial charge in [-0.05, 0) is 6.07 Å². The highest BCUT2D eigenvalue weighted by atomic mass is 35.5. The van der Waals surface area contributed by atoms with Gasteiger partial charge in [0.1, 0.15) is 6.10 Å². The number of rotatable bonds is 1. The van der Waals surface area contributed by atoms with Crippen molar-refractivity contribution < 1.29 is 4.74 Å². The maximum Gasteiger partial charge on any atom is 0.107 e. The summed E-state index contributed by atoms with van der Waals surface area (Å²) in [7, 11) is 0. The Hall–Kier alpha value is -0.600. The monoisotopic (exact) mass is 155 g/mol. The van der Waals surface area contributed by atoms with Gasteiger partial charge in [-0.2, -0.15) is 0 Å². The van der Waals surface area contributed by atoms with E-state index in [0.29, 0.717) is 5.02 Å². The lowest BCUT2D eigenvalue weighted by Crippen LogP contribution is -1.81. The van der Waals surface area contributed by atoms with Gasteiger partial charge >= 0.3 is 0 Å². The molecule has 1 saturated heterocycles. The van der Waals surface area contributed by atoms with Crippen molar-refractivity contribution in [2.45, 2.75) is 6.10 Å². The number of halogens is 1. The van der Waals surface area contributed by atoms with E-state index < -0.39 is 0 Å². The van der Waals surface area contributed by atoms with E-state index in [-0.39, 0.29) is 6.10 Å². The fourth-order valence-electron chi connectivity index (χ4n) is 0.845. The molecule has 0 radical (unpaired) electrons. The molecule has 0 aliphatic carbocycles. The summed E-state index contributed by atoms with van der Waals surface area (Å²) >= 11 is 5.70. The Morgan fingerprint density at radius 1 is 1.60 bits per heavy atom. The number of hydrogen-bond acceptors (Lipinski definition) is 2. The van der Waals surface area contributed by atoms with E-state index in [2.05, 4.69) is 4.98 Å². The third kappa shape index (κ3) is 1.13. The van der Waals surface area contributed by atoms with Crippen LogP contribution in [-0.4, -0.2) is 11.6 Å². The summed E-state index contributed by atoms with van der Waals surface area (Å²) in [4.78, 5) is 3.93. The summed E-state index contributed by atoms with van der Waals surface area (Å²) in [5.41, 5.74) is 1.08. The second-order valence-corrected chi connectivity index (χ2v) is 2.69. The van der Waals surface area contributed by atoms with Crippen LogP contribution in [0.3, 0.4) is 0 Å². The van der Waals surface area contributed by atoms with Gasteiger partial charge in [0, 0.05) is 18.0 Å². The first-order chi connectivity index (χ1) is 4.86. The minimum atomic E-state index is 0.256. The Bertz CT molecular complexity index is 247. The Morgan fingerprint density at radius 2 is 2.40 bits per heavy atom. The van der Waals surface area contributed by atoms with Gasteiger partial charge in [-0.1, -0.05) is 11.6 Å². The highest BCUT2D eigenvalue weighted by molar-refractivity contribution is 6.30. The van der Waals surface area contributed by atoms with Crippen LogP contribution in [0, 0.1) is 0 Å². The van der Waals surface area contributed by atoms with Gasteiger partial charge < -0.3 is 4.74 Å². The predicted molar refractivity (Wildman–Crippen MR) is 37.9 cm³/mol. The van der Waals surface area contributed by atoms with E-state index >= 15 is 0 Å². The molecule has 10 heavy (non-hydrogen) atoms. The van der Waals surface area contributed by atoms with Crippen LogP contribution in [0.1, 0.15) is 11.7 Å². The quantitative estimate of drug-likeness (QED) is 0.578. The van der Waals surface area contributed by atoms with Crippen molar-refractivity contribution in [1.82, 2.24) is 4.98 Å². The van der Waals surface area contributed by atoms with Crippen molar-refractivity contribution in [2.75, 3.05) is 6.61 Å². The van der Waals surface area contributed by atoms with E-state index in [9.17, 15) is 0 Å². The van der Waals surface area contributed by atoms with Gasteiger partial charge in [0.25, 0.3) is 0 Å². The molecule has 2 rings (SSSR count). The van der Waals surface area contributed by atoms with Crippen molar-refractivity contribution in [2.24, 2.45) is 0 Å². The molecule has 1 aromatic heterocycles. The summed E-state index contributed by atoms with van der Waals surface area (Å²) in [6.07, 6.45) is 3.66. The van der Waals surface area contributed by atoms with Crippen molar-refractivity contribution in [3.05, 3.63) is 29.0 Å². The van der Waals surface area contributed by atoms with Crippen molar-refractivity contribution in [1.29, 1.82) is 0 Å². The summed E-state index contributed by atoms with van der Waals surface area (Å²) < 4.78 is 5.05. The number of aromatic nitrogens is 1. The standard InChI is InChI=1S/C7H6ClNO/c8-6-1-5(2-9-3-6)7-4-10-7/h1-3,7H,4H2/t7-/m0/s1. The lowest BCUT2D eigenvalue weighted by molar-refractivity contribution is 0.415. The molecular weight excluding hydrogens is 150 g/mol. The average Bonchev–Trinajstić information content (AvgIpc) is 2.68. The van der Waals surface area contributed by atoms with Gasteiger partial charge in [0.15, 0.2) is 0 Å². The Balaban J connectivity index is 2.32. The summed E-state index contributed by atoms with van der Waals surface area (Å²) in [5, 5.41) is 0.674. The minimum absolute atomic E-state index is 0.256. The zero-order valence-electron chi connectivity index (χ0n) is 5.25. The molecule has 2 nitrogen and oxygen atoms in total. The SMILES string of the molecule is Clc1cncc([C@@H]2CO2)c1. The van der Waals surface area contributed by atoms with E-state index in [1.54, 1.807) is 12.4 Å². The molecule has 0 bridgehead atoms. The van der Waals surface area contributed by atoms with E-state index in [0.717, 1.165) is 12.2 Å². The molecular formula is C7H6ClNO. The molecule has 1 atom stereocenters. The van der Waals surface area contributed by atoms with Crippen molar-refractivity contribution in [3.8, 4) is 0 Å². The van der Waals surface area contributed by atoms with Crippen LogP contribution in [0.25, 0.3) is 0 Å². The van der Waals surface area contributed by atoms with E-state index in [4.69, 9.17) is 16.3 Å². The second kappa shape index (κ2) is 2.22. The van der Waals surface area contributed by atoms with Gasteiger partial charge in [-0.3, -0.25) is 4.98 Å². The number of hydrogen-bond donors (Lipinski definition) is 0. The highest BCUT2D eigenvalue weighted by Crippen LogP contribution is 2.29. The molecule has 1 fully saturated rings. The molecule has 3 heteroatoms. The molecule has 1 aliphatic heterocycles. The topological polar surface area (TPSA) is 25.4 Å². The first-order valence-corrected chi connectivity index (χ1v) is 3.46. The number of epoxide rings is 1. The van der Waals surface area contributed by atoms with Gasteiger partial charge in [-0.25, -0.2) is 0 Å². The Labute approximate surface area is 63.8 Å². The molecule has 1 aliphatic rings. The largest absolute Gasteiger partial charge is 0.368 e. The average molecular weight is 156 g/mol. The van der Waals surface area contributed by atoms with Crippen LogP contribution in [-0.2, 0) is 4.74 Å². The molecule has 0 aromatic carbocycles. The summed E-state index contributed by atoms with van der Waals surface area (Å²) in [5.74, 6) is 0. The summed E-state index contributed by atoms with van der Waals surface area (Å²) in [6, 6.07) is 1.88. The number of ether oxygens (including phenoxy) is 1. The van der Waals surface area contributed by atoms with Crippen LogP contribution in [0.5, 0.6) is 0 Å². The highest BCUT2D eigenvalue weighted by Gasteiger charge is 2.24. The lowest BCUT2D eigenvalue weighted by atomic mass is 10.2. The molecule has 0 N–H and O–H groups in total. The van der Waals surface area contributed by atoms with Crippen LogP contribution in [0.4, 0.5) is 0 Å². The minimum Gasteiger partial charge on any atom is -0.368 e. The molecule has 0 amide bonds. The molecule has 0 saturated carbocycles. The molecule has 1 aromatic rings. The van der Waals surface area contributed by atoms with Crippen LogP contribution >= 0.6 is 11.6 Å². The van der Waals surface area contributed by atoms with Gasteiger partial charge in [-0.15, -0.1) is 0 Å². The predicted octanol–water partition coefficient (Wildman–Crippen LogP) is 1.81. The lowest BCUT2D eigenvalue weighted by Gasteiger charge is -1.92. The molecule has 0 unspecified atom stereocenters. The van der Waals surface area contributed by atoms with Crippen molar-refractivity contribution >= 4 is 11.6 Å². The van der Waals surface area contributed by atoms with E-state index in [1.165, 1.54) is 0 Å². The third-order valence-corrected chi connectivity index (χ3v) is 1.64. The van der Waals surface area contributed by atoms with Crippen molar-refractivity contribution in [3.63, 3.8) is 0 Å². The smallest absolute Gasteiger partial charge is 0.107 e. The Morgan fingerprint density at radius 3 is 3.00 bits per heavy atom. The zero-order valence-corrected chi connectivity index (χ0v) is 6.01. The van der Waals surface area contributed by atoms with Crippen LogP contribution in [0.2, 0.25) is 5.02 Å². The first kappa shape index (κ1) is 6.13. The molecule has 0 spiro atoms. The number of nitrogens with zero attached hydrogens (tertiary/aromatic N) is 1. The molecule has 52 valence electrons. The normalized spacial score (nSPS) is 22.7. The third-order valence-electron chi connectivity index (χ3n) is 1.43.